The van der Waals surface area contributed by atoms with Crippen LogP contribution in [0.5, 0.6) is 11.5 Å². The molecule has 40 heavy (non-hydrogen) atoms. The number of nitrogens with zero attached hydrogens (tertiary/aromatic N) is 1. The van der Waals surface area contributed by atoms with E-state index in [0.29, 0.717) is 43.4 Å². The van der Waals surface area contributed by atoms with Crippen molar-refractivity contribution in [2.45, 2.75) is 95.7 Å². The molecular weight excluding hydrogens is 502 g/mol. The monoisotopic (exact) mass is 549 g/mol. The Morgan fingerprint density at radius 1 is 1.07 bits per heavy atom. The van der Waals surface area contributed by atoms with Gasteiger partial charge in [0.2, 0.25) is 0 Å². The molecule has 1 aliphatic rings. The average Bonchev–Trinajstić information content (AvgIpc) is 3.34. The van der Waals surface area contributed by atoms with Gasteiger partial charge in [0.05, 0.1) is 18.8 Å². The quantitative estimate of drug-likeness (QED) is 0.154. The summed E-state index contributed by atoms with van der Waals surface area (Å²) in [5, 5.41) is 31.9. The predicted octanol–water partition coefficient (Wildman–Crippen LogP) is 6.14. The summed E-state index contributed by atoms with van der Waals surface area (Å²) in [7, 11) is 0. The minimum Gasteiger partial charge on any atom is -0.504 e. The Balaban J connectivity index is 1.28. The third kappa shape index (κ3) is 9.00. The van der Waals surface area contributed by atoms with Crippen molar-refractivity contribution >= 4 is 5.82 Å². The number of nitrogen functional groups attached to an aromatic ring is 1. The Hall–Kier alpha value is -3.03. The highest BCUT2D eigenvalue weighted by molar-refractivity contribution is 5.42. The van der Waals surface area contributed by atoms with Crippen LogP contribution in [0.25, 0.3) is 0 Å². The first-order chi connectivity index (χ1) is 19.4. The Morgan fingerprint density at radius 2 is 1.95 bits per heavy atom. The summed E-state index contributed by atoms with van der Waals surface area (Å²) in [6, 6.07) is 13.3. The number of aromatic nitrogens is 2. The zero-order valence-electron chi connectivity index (χ0n) is 23.8. The lowest BCUT2D eigenvalue weighted by Gasteiger charge is -2.24. The summed E-state index contributed by atoms with van der Waals surface area (Å²) < 4.78 is 6.05. The molecule has 0 saturated heterocycles. The van der Waals surface area contributed by atoms with E-state index < -0.39 is 12.2 Å². The van der Waals surface area contributed by atoms with E-state index in [-0.39, 0.29) is 11.7 Å². The molecule has 1 fully saturated rings. The lowest BCUT2D eigenvalue weighted by molar-refractivity contribution is 0.0352. The summed E-state index contributed by atoms with van der Waals surface area (Å²) in [5.41, 5.74) is 9.18. The largest absolute Gasteiger partial charge is 0.504 e. The number of aliphatic hydroxyl groups is 2. The van der Waals surface area contributed by atoms with E-state index in [1.165, 1.54) is 25.7 Å². The van der Waals surface area contributed by atoms with Gasteiger partial charge in [-0.05, 0) is 110 Å². The van der Waals surface area contributed by atoms with Crippen LogP contribution in [0.4, 0.5) is 5.82 Å². The molecule has 0 aliphatic heterocycles. The number of aryl methyl sites for hydroxylation is 1. The van der Waals surface area contributed by atoms with Gasteiger partial charge < -0.3 is 30.8 Å². The highest BCUT2D eigenvalue weighted by atomic mass is 16.5. The summed E-state index contributed by atoms with van der Waals surface area (Å²) in [6.45, 7) is 2.69. The van der Waals surface area contributed by atoms with E-state index in [0.717, 1.165) is 48.4 Å². The molecule has 7 heteroatoms. The van der Waals surface area contributed by atoms with Gasteiger partial charge in [-0.1, -0.05) is 38.7 Å². The van der Waals surface area contributed by atoms with Crippen LogP contribution < -0.4 is 10.5 Å². The number of aromatic hydroxyl groups is 1. The highest BCUT2D eigenvalue weighted by Gasteiger charge is 2.25. The van der Waals surface area contributed by atoms with Crippen molar-refractivity contribution in [1.29, 1.82) is 0 Å². The second-order valence-electron chi connectivity index (χ2n) is 11.6. The normalized spacial score (nSPS) is 20.0. The zero-order valence-corrected chi connectivity index (χ0v) is 23.8. The molecular formula is C33H47N3O4. The van der Waals surface area contributed by atoms with Crippen LogP contribution in [0, 0.1) is 11.8 Å². The Morgan fingerprint density at radius 3 is 2.73 bits per heavy atom. The third-order valence-corrected chi connectivity index (χ3v) is 8.69. The topological polar surface area (TPSA) is 125 Å². The maximum Gasteiger partial charge on any atom is 0.161 e. The van der Waals surface area contributed by atoms with Crippen molar-refractivity contribution in [2.24, 2.45) is 11.8 Å². The van der Waals surface area contributed by atoms with Crippen LogP contribution in [0.2, 0.25) is 0 Å². The number of phenolic OH excluding ortho intramolecular Hbond substituents is 1. The highest BCUT2D eigenvalue weighted by Crippen LogP contribution is 2.33. The van der Waals surface area contributed by atoms with Gasteiger partial charge in [0.25, 0.3) is 0 Å². The minimum atomic E-state index is -0.556. The number of nitrogens with one attached hydrogen (secondary N) is 1. The fraction of sp³-hybridized carbons (Fsp3) is 0.545. The van der Waals surface area contributed by atoms with Crippen LogP contribution >= 0.6 is 0 Å². The summed E-state index contributed by atoms with van der Waals surface area (Å²) >= 11 is 0. The van der Waals surface area contributed by atoms with E-state index in [4.69, 9.17) is 10.5 Å². The molecule has 218 valence electrons. The van der Waals surface area contributed by atoms with Crippen molar-refractivity contribution < 1.29 is 20.1 Å². The number of hydrogen-bond acceptors (Lipinski definition) is 6. The molecule has 0 radical (unpaired) electrons. The molecule has 2 heterocycles. The lowest BCUT2D eigenvalue weighted by atomic mass is 9.89. The second-order valence-corrected chi connectivity index (χ2v) is 11.6. The van der Waals surface area contributed by atoms with Gasteiger partial charge in [0.15, 0.2) is 11.5 Å². The van der Waals surface area contributed by atoms with Gasteiger partial charge in [0.1, 0.15) is 5.82 Å². The smallest absolute Gasteiger partial charge is 0.161 e. The van der Waals surface area contributed by atoms with Gasteiger partial charge in [-0.3, -0.25) is 0 Å². The number of ether oxygens (including phenoxy) is 1. The zero-order chi connectivity index (χ0) is 28.3. The van der Waals surface area contributed by atoms with E-state index >= 15 is 0 Å². The molecule has 7 nitrogen and oxygen atoms in total. The first-order valence-electron chi connectivity index (χ1n) is 15.1. The molecule has 1 aromatic carbocycles. The van der Waals surface area contributed by atoms with Crippen LogP contribution in [-0.4, -0.2) is 44.1 Å². The van der Waals surface area contributed by atoms with E-state index in [1.54, 1.807) is 12.3 Å². The van der Waals surface area contributed by atoms with E-state index in [9.17, 15) is 15.3 Å². The molecule has 3 aromatic rings. The standard InChI is InChI=1S/C33H47N3O4/c1-2-23-5-3-6-25(11-8-23)31(39)22-29(37)12-9-24-10-13-30(38)32(19-24)40-18-15-27(20-28-7-4-16-35-28)26-14-17-36-33(34)21-26/h4,7,10,13-14,16-17,19,21,23,25,27,29,31,35,37-39H,2-3,5-6,8-9,11-12,15,18,20,22H2,1H3,(H2,34,36)/t23-,25+,27-,29-,31-/m1/s1. The van der Waals surface area contributed by atoms with Crippen molar-refractivity contribution in [2.75, 3.05) is 12.3 Å². The molecule has 0 bridgehead atoms. The van der Waals surface area contributed by atoms with Crippen molar-refractivity contribution in [3.05, 3.63) is 71.7 Å². The SMILES string of the molecule is CC[C@@H]1CCC[C@H]([C@H](O)C[C@H](O)CCc2ccc(O)c(OCC[C@H](Cc3ccc[nH]3)c3ccnc(N)c3)c2)CC1. The number of rotatable bonds is 14. The molecule has 2 aromatic heterocycles. The number of pyridine rings is 1. The number of H-pyrrole nitrogens is 1. The van der Waals surface area contributed by atoms with Gasteiger partial charge >= 0.3 is 0 Å². The number of nitrogens with two attached hydrogens (primary N) is 1. The first kappa shape index (κ1) is 29.9. The molecule has 6 N–H and O–H groups in total. The maximum absolute atomic E-state index is 10.8. The van der Waals surface area contributed by atoms with Crippen LogP contribution in [-0.2, 0) is 12.8 Å². The number of phenols is 1. The molecule has 0 spiro atoms. The molecule has 1 saturated carbocycles. The van der Waals surface area contributed by atoms with Crippen LogP contribution in [0.1, 0.15) is 87.4 Å². The minimum absolute atomic E-state index is 0.104. The van der Waals surface area contributed by atoms with Gasteiger partial charge in [0, 0.05) is 18.1 Å². The fourth-order valence-electron chi connectivity index (χ4n) is 6.13. The van der Waals surface area contributed by atoms with Gasteiger partial charge in [-0.2, -0.15) is 0 Å². The molecule has 1 aliphatic carbocycles. The number of hydrogen-bond donors (Lipinski definition) is 5. The van der Waals surface area contributed by atoms with Gasteiger partial charge in [-0.15, -0.1) is 0 Å². The van der Waals surface area contributed by atoms with Crippen LogP contribution in [0.15, 0.2) is 54.9 Å². The average molecular weight is 550 g/mol. The summed E-state index contributed by atoms with van der Waals surface area (Å²) in [6.07, 6.45) is 12.8. The predicted molar refractivity (Wildman–Crippen MR) is 159 cm³/mol. The number of aromatic amines is 1. The fourth-order valence-corrected chi connectivity index (χ4v) is 6.13. The number of anilines is 1. The first-order valence-corrected chi connectivity index (χ1v) is 15.1. The van der Waals surface area contributed by atoms with E-state index in [2.05, 4.69) is 23.0 Å². The second kappa shape index (κ2) is 15.1. The number of benzene rings is 1. The Bertz CT molecular complexity index is 1150. The number of aliphatic hydroxyl groups excluding tert-OH is 2. The van der Waals surface area contributed by atoms with Crippen molar-refractivity contribution in [1.82, 2.24) is 9.97 Å². The Kier molecular flexibility index (Phi) is 11.3. The van der Waals surface area contributed by atoms with E-state index in [1.807, 2.05) is 36.5 Å². The van der Waals surface area contributed by atoms with Crippen molar-refractivity contribution in [3.63, 3.8) is 0 Å². The summed E-state index contributed by atoms with van der Waals surface area (Å²) in [4.78, 5) is 7.39. The van der Waals surface area contributed by atoms with Gasteiger partial charge in [-0.25, -0.2) is 4.98 Å². The Labute approximate surface area is 238 Å². The molecule has 0 unspecified atom stereocenters. The third-order valence-electron chi connectivity index (χ3n) is 8.69. The molecule has 5 atom stereocenters. The summed E-state index contributed by atoms with van der Waals surface area (Å²) in [5.74, 6) is 2.31. The molecule has 4 rings (SSSR count). The van der Waals surface area contributed by atoms with Crippen LogP contribution in [0.3, 0.4) is 0 Å². The lowest BCUT2D eigenvalue weighted by Crippen LogP contribution is -2.26. The van der Waals surface area contributed by atoms with Crippen molar-refractivity contribution in [3.8, 4) is 11.5 Å². The molecule has 0 amide bonds. The maximum atomic E-state index is 10.8.